The molecule has 2 aliphatic rings. The van der Waals surface area contributed by atoms with E-state index in [4.69, 9.17) is 0 Å². The van der Waals surface area contributed by atoms with Gasteiger partial charge in [-0.1, -0.05) is 24.3 Å². The summed E-state index contributed by atoms with van der Waals surface area (Å²) in [4.78, 5) is 16.6. The highest BCUT2D eigenvalue weighted by molar-refractivity contribution is 5.77. The molecule has 2 aromatic rings. The Hall–Kier alpha value is -2.14. The van der Waals surface area contributed by atoms with Crippen molar-refractivity contribution in [3.05, 3.63) is 53.3 Å². The van der Waals surface area contributed by atoms with Crippen LogP contribution in [-0.4, -0.2) is 52.7 Å². The van der Waals surface area contributed by atoms with Gasteiger partial charge < -0.3 is 4.90 Å². The van der Waals surface area contributed by atoms with E-state index in [1.807, 2.05) is 32.0 Å². The fraction of sp³-hybridized carbons (Fsp3) is 0.545. The molecule has 0 bridgehead atoms. The van der Waals surface area contributed by atoms with Gasteiger partial charge in [0.05, 0.1) is 6.20 Å². The summed E-state index contributed by atoms with van der Waals surface area (Å²) in [7, 11) is 5.69. The van der Waals surface area contributed by atoms with Crippen molar-refractivity contribution in [3.8, 4) is 0 Å². The zero-order valence-corrected chi connectivity index (χ0v) is 16.7. The van der Waals surface area contributed by atoms with E-state index in [0.717, 1.165) is 26.1 Å². The van der Waals surface area contributed by atoms with E-state index in [1.54, 1.807) is 4.90 Å². The molecule has 0 radical (unpaired) electrons. The fourth-order valence-corrected chi connectivity index (χ4v) is 5.03. The van der Waals surface area contributed by atoms with E-state index in [-0.39, 0.29) is 11.3 Å². The molecular weight excluding hydrogens is 336 g/mol. The fourth-order valence-electron chi connectivity index (χ4n) is 5.03. The van der Waals surface area contributed by atoms with Gasteiger partial charge in [0, 0.05) is 45.9 Å². The van der Waals surface area contributed by atoms with Gasteiger partial charge in [0.2, 0.25) is 5.91 Å². The number of fused-ring (bicyclic) bond motifs is 2. The number of likely N-dealkylation sites (tertiary alicyclic amines) is 1. The molecule has 5 nitrogen and oxygen atoms in total. The van der Waals surface area contributed by atoms with Crippen LogP contribution in [0.25, 0.3) is 0 Å². The number of piperidine rings is 1. The van der Waals surface area contributed by atoms with E-state index >= 15 is 0 Å². The maximum Gasteiger partial charge on any atom is 0.222 e. The number of carbonyl (C=O) groups excluding carboxylic acids is 1. The minimum absolute atomic E-state index is 0.237. The van der Waals surface area contributed by atoms with E-state index in [1.165, 1.54) is 29.5 Å². The van der Waals surface area contributed by atoms with Gasteiger partial charge >= 0.3 is 0 Å². The lowest BCUT2D eigenvalue weighted by Crippen LogP contribution is -2.41. The Bertz CT molecular complexity index is 817. The predicted molar refractivity (Wildman–Crippen MR) is 107 cm³/mol. The molecule has 0 N–H and O–H groups in total. The summed E-state index contributed by atoms with van der Waals surface area (Å²) < 4.78 is 1.88. The molecule has 1 aromatic carbocycles. The molecule has 1 amide bonds. The van der Waals surface area contributed by atoms with Crippen LogP contribution in [0.5, 0.6) is 0 Å². The van der Waals surface area contributed by atoms with Crippen molar-refractivity contribution >= 4 is 5.91 Å². The monoisotopic (exact) mass is 366 g/mol. The topological polar surface area (TPSA) is 41.4 Å². The minimum atomic E-state index is 0.237. The number of carbonyl (C=O) groups is 1. The number of hydrogen-bond donors (Lipinski definition) is 0. The Balaban J connectivity index is 1.48. The first-order chi connectivity index (χ1) is 13.0. The quantitative estimate of drug-likeness (QED) is 0.835. The molecule has 144 valence electrons. The predicted octanol–water partition coefficient (Wildman–Crippen LogP) is 2.92. The molecule has 1 aliphatic heterocycles. The molecule has 5 heteroatoms. The van der Waals surface area contributed by atoms with E-state index < -0.39 is 0 Å². The summed E-state index contributed by atoms with van der Waals surface area (Å²) >= 11 is 0. The van der Waals surface area contributed by atoms with Gasteiger partial charge in [0.25, 0.3) is 0 Å². The van der Waals surface area contributed by atoms with Gasteiger partial charge in [-0.05, 0) is 54.8 Å². The van der Waals surface area contributed by atoms with Crippen molar-refractivity contribution in [2.75, 3.05) is 27.2 Å². The Labute approximate surface area is 162 Å². The van der Waals surface area contributed by atoms with Crippen LogP contribution >= 0.6 is 0 Å². The summed E-state index contributed by atoms with van der Waals surface area (Å²) in [6.45, 7) is 3.20. The molecule has 2 heterocycles. The number of benzene rings is 1. The van der Waals surface area contributed by atoms with Gasteiger partial charge in [-0.2, -0.15) is 5.10 Å². The molecule has 1 aromatic heterocycles. The molecule has 1 atom stereocenters. The van der Waals surface area contributed by atoms with E-state index in [0.29, 0.717) is 12.3 Å². The molecule has 1 saturated heterocycles. The number of aromatic nitrogens is 2. The smallest absolute Gasteiger partial charge is 0.222 e. The number of aryl methyl sites for hydroxylation is 1. The molecule has 1 spiro atoms. The van der Waals surface area contributed by atoms with E-state index in [2.05, 4.69) is 40.5 Å². The molecule has 27 heavy (non-hydrogen) atoms. The third-order valence-corrected chi connectivity index (χ3v) is 6.51. The van der Waals surface area contributed by atoms with Crippen molar-refractivity contribution in [1.82, 2.24) is 19.6 Å². The summed E-state index contributed by atoms with van der Waals surface area (Å²) in [5.41, 5.74) is 4.45. The van der Waals surface area contributed by atoms with Crippen LogP contribution in [0.1, 0.15) is 48.3 Å². The van der Waals surface area contributed by atoms with Crippen LogP contribution in [0.2, 0.25) is 0 Å². The summed E-state index contributed by atoms with van der Waals surface area (Å²) in [5, 5.41) is 4.29. The zero-order chi connectivity index (χ0) is 19.0. The van der Waals surface area contributed by atoms with Crippen LogP contribution in [-0.2, 0) is 23.8 Å². The van der Waals surface area contributed by atoms with Crippen LogP contribution in [0, 0.1) is 0 Å². The molecule has 0 saturated carbocycles. The second-order valence-electron chi connectivity index (χ2n) is 8.56. The van der Waals surface area contributed by atoms with Crippen LogP contribution in [0.15, 0.2) is 36.7 Å². The number of amides is 1. The van der Waals surface area contributed by atoms with Gasteiger partial charge in [0.15, 0.2) is 0 Å². The lowest BCUT2D eigenvalue weighted by Gasteiger charge is -2.40. The largest absolute Gasteiger partial charge is 0.349 e. The third-order valence-electron chi connectivity index (χ3n) is 6.51. The van der Waals surface area contributed by atoms with Crippen molar-refractivity contribution in [1.29, 1.82) is 0 Å². The normalized spacial score (nSPS) is 21.4. The third kappa shape index (κ3) is 3.53. The van der Waals surface area contributed by atoms with Crippen molar-refractivity contribution in [3.63, 3.8) is 0 Å². The first-order valence-electron chi connectivity index (χ1n) is 9.96. The molecular formula is C22H30N4O. The van der Waals surface area contributed by atoms with Gasteiger partial charge in [0.1, 0.15) is 0 Å². The molecule has 4 rings (SSSR count). The maximum atomic E-state index is 12.3. The van der Waals surface area contributed by atoms with Gasteiger partial charge in [-0.15, -0.1) is 0 Å². The Morgan fingerprint density at radius 2 is 2.00 bits per heavy atom. The van der Waals surface area contributed by atoms with Crippen LogP contribution < -0.4 is 0 Å². The van der Waals surface area contributed by atoms with Crippen LogP contribution in [0.3, 0.4) is 0 Å². The number of rotatable bonds is 4. The Morgan fingerprint density at radius 1 is 1.26 bits per heavy atom. The standard InChI is InChI=1S/C22H30N4O/c1-24(2)21(27)12-18-13-22(20-7-5-4-6-19(18)20)8-10-26(11-9-22)16-17-14-23-25(3)15-17/h4-7,14-15,18H,8-13,16H2,1-3H3/t18-/m0/s1. The minimum Gasteiger partial charge on any atom is -0.349 e. The summed E-state index contributed by atoms with van der Waals surface area (Å²) in [6, 6.07) is 8.85. The van der Waals surface area contributed by atoms with Gasteiger partial charge in [-0.3, -0.25) is 14.4 Å². The number of nitrogens with zero attached hydrogens (tertiary/aromatic N) is 4. The molecule has 0 unspecified atom stereocenters. The highest BCUT2D eigenvalue weighted by Gasteiger charge is 2.45. The van der Waals surface area contributed by atoms with Crippen LogP contribution in [0.4, 0.5) is 0 Å². The van der Waals surface area contributed by atoms with Crippen molar-refractivity contribution < 1.29 is 4.79 Å². The number of hydrogen-bond acceptors (Lipinski definition) is 3. The lowest BCUT2D eigenvalue weighted by molar-refractivity contribution is -0.129. The molecule has 1 aliphatic carbocycles. The second kappa shape index (κ2) is 7.12. The van der Waals surface area contributed by atoms with E-state index in [9.17, 15) is 4.79 Å². The average Bonchev–Trinajstić information content (AvgIpc) is 3.19. The zero-order valence-electron chi connectivity index (χ0n) is 16.7. The van der Waals surface area contributed by atoms with Crippen molar-refractivity contribution in [2.24, 2.45) is 7.05 Å². The SMILES string of the molecule is CN(C)C(=O)C[C@H]1CC2(CCN(Cc3cnn(C)c3)CC2)c2ccccc21. The highest BCUT2D eigenvalue weighted by Crippen LogP contribution is 2.52. The Kier molecular flexibility index (Phi) is 4.81. The highest BCUT2D eigenvalue weighted by atomic mass is 16.2. The Morgan fingerprint density at radius 3 is 2.67 bits per heavy atom. The second-order valence-corrected chi connectivity index (χ2v) is 8.56. The molecule has 1 fully saturated rings. The summed E-state index contributed by atoms with van der Waals surface area (Å²) in [5.74, 6) is 0.599. The summed E-state index contributed by atoms with van der Waals surface area (Å²) in [6.07, 6.45) is 8.18. The van der Waals surface area contributed by atoms with Crippen molar-refractivity contribution in [2.45, 2.75) is 43.6 Å². The average molecular weight is 367 g/mol. The first kappa shape index (κ1) is 18.2. The first-order valence-corrected chi connectivity index (χ1v) is 9.96. The van der Waals surface area contributed by atoms with Gasteiger partial charge in [-0.25, -0.2) is 0 Å². The maximum absolute atomic E-state index is 12.3. The lowest BCUT2D eigenvalue weighted by atomic mass is 9.73.